The number of fused-ring (bicyclic) bond motifs is 1. The van der Waals surface area contributed by atoms with Gasteiger partial charge in [-0.3, -0.25) is 14.8 Å². The lowest BCUT2D eigenvalue weighted by atomic mass is 10.0. The van der Waals surface area contributed by atoms with Crippen molar-refractivity contribution in [2.45, 2.75) is 38.5 Å². The highest BCUT2D eigenvalue weighted by molar-refractivity contribution is 6.17. The van der Waals surface area contributed by atoms with Gasteiger partial charge in [-0.2, -0.15) is 0 Å². The Morgan fingerprint density at radius 1 is 1.38 bits per heavy atom. The van der Waals surface area contributed by atoms with Gasteiger partial charge in [0.1, 0.15) is 23.3 Å². The van der Waals surface area contributed by atoms with E-state index in [0.29, 0.717) is 60.1 Å². The molecular weight excluding hydrogens is 408 g/mol. The van der Waals surface area contributed by atoms with Crippen molar-refractivity contribution in [1.29, 1.82) is 0 Å². The minimum absolute atomic E-state index is 0.138. The molecule has 0 spiro atoms. The van der Waals surface area contributed by atoms with Gasteiger partial charge in [0.15, 0.2) is 0 Å². The van der Waals surface area contributed by atoms with Crippen molar-refractivity contribution in [3.05, 3.63) is 41.9 Å². The number of amides is 1. The standard InChI is InChI=1S/C23H30N6O3/c1-15-14-31-12-10-29(15)19-13-17(23(30)25-2)16-7-9-26-22(21(16)28-19)18(6-8-24)27-20-5-3-4-11-32-20/h6-9,13,15,20H,3-5,10-12,14,24H2,1-2H3,(H,25,30). The third-order valence-corrected chi connectivity index (χ3v) is 5.78. The average molecular weight is 439 g/mol. The molecule has 3 N–H and O–H groups in total. The van der Waals surface area contributed by atoms with E-state index in [1.807, 2.05) is 12.1 Å². The lowest BCUT2D eigenvalue weighted by Crippen LogP contribution is -2.44. The van der Waals surface area contributed by atoms with Crippen LogP contribution in [-0.2, 0) is 9.47 Å². The largest absolute Gasteiger partial charge is 0.405 e. The first-order valence-corrected chi connectivity index (χ1v) is 11.1. The van der Waals surface area contributed by atoms with Gasteiger partial charge in [0.05, 0.1) is 30.5 Å². The fourth-order valence-corrected chi connectivity index (χ4v) is 4.12. The summed E-state index contributed by atoms with van der Waals surface area (Å²) in [6.07, 6.45) is 7.53. The van der Waals surface area contributed by atoms with E-state index in [2.05, 4.69) is 22.1 Å². The van der Waals surface area contributed by atoms with Gasteiger partial charge in [-0.15, -0.1) is 0 Å². The van der Waals surface area contributed by atoms with Crippen LogP contribution in [0.25, 0.3) is 10.9 Å². The maximum Gasteiger partial charge on any atom is 0.251 e. The Balaban J connectivity index is 1.89. The Kier molecular flexibility index (Phi) is 6.96. The van der Waals surface area contributed by atoms with Gasteiger partial charge >= 0.3 is 0 Å². The van der Waals surface area contributed by atoms with Crippen LogP contribution in [0.2, 0.25) is 0 Å². The number of aromatic nitrogens is 2. The van der Waals surface area contributed by atoms with Gasteiger partial charge in [-0.25, -0.2) is 4.98 Å². The summed E-state index contributed by atoms with van der Waals surface area (Å²) >= 11 is 0. The molecule has 2 aromatic heterocycles. The zero-order valence-corrected chi connectivity index (χ0v) is 18.6. The molecule has 0 radical (unpaired) electrons. The number of nitrogens with zero attached hydrogens (tertiary/aromatic N) is 4. The lowest BCUT2D eigenvalue weighted by Gasteiger charge is -2.34. The van der Waals surface area contributed by atoms with Gasteiger partial charge in [0, 0.05) is 31.8 Å². The minimum atomic E-state index is -0.243. The van der Waals surface area contributed by atoms with Crippen LogP contribution in [0, 0.1) is 0 Å². The number of hydrogen-bond donors (Lipinski definition) is 2. The van der Waals surface area contributed by atoms with Crippen molar-refractivity contribution in [1.82, 2.24) is 15.3 Å². The summed E-state index contributed by atoms with van der Waals surface area (Å²) in [5.41, 5.74) is 8.06. The van der Waals surface area contributed by atoms with E-state index in [1.54, 1.807) is 19.3 Å². The van der Waals surface area contributed by atoms with Crippen molar-refractivity contribution < 1.29 is 14.3 Å². The smallest absolute Gasteiger partial charge is 0.251 e. The van der Waals surface area contributed by atoms with Gasteiger partial charge in [0.2, 0.25) is 0 Å². The third-order valence-electron chi connectivity index (χ3n) is 5.78. The quantitative estimate of drug-likeness (QED) is 0.686. The molecule has 2 fully saturated rings. The van der Waals surface area contributed by atoms with Crippen LogP contribution in [0.15, 0.2) is 35.6 Å². The molecule has 32 heavy (non-hydrogen) atoms. The number of nitrogens with one attached hydrogen (secondary N) is 1. The third kappa shape index (κ3) is 4.58. The van der Waals surface area contributed by atoms with Crippen LogP contribution < -0.4 is 16.0 Å². The molecule has 9 nitrogen and oxygen atoms in total. The maximum absolute atomic E-state index is 12.8. The molecule has 0 aliphatic carbocycles. The Labute approximate surface area is 187 Å². The molecule has 9 heteroatoms. The van der Waals surface area contributed by atoms with Crippen LogP contribution in [-0.4, -0.2) is 67.3 Å². The topological polar surface area (TPSA) is 115 Å². The molecule has 1 amide bonds. The molecule has 2 aromatic rings. The number of aliphatic imine (C=N–C) groups is 1. The molecule has 2 saturated heterocycles. The van der Waals surface area contributed by atoms with E-state index in [0.717, 1.165) is 19.3 Å². The summed E-state index contributed by atoms with van der Waals surface area (Å²) in [7, 11) is 1.62. The molecule has 2 aliphatic heterocycles. The summed E-state index contributed by atoms with van der Waals surface area (Å²) in [6, 6.07) is 3.79. The van der Waals surface area contributed by atoms with E-state index in [-0.39, 0.29) is 18.2 Å². The van der Waals surface area contributed by atoms with Gasteiger partial charge in [0.25, 0.3) is 5.91 Å². The predicted octanol–water partition coefficient (Wildman–Crippen LogP) is 2.00. The van der Waals surface area contributed by atoms with E-state index >= 15 is 0 Å². The number of ether oxygens (including phenoxy) is 2. The second-order valence-electron chi connectivity index (χ2n) is 7.97. The number of allylic oxidation sites excluding steroid dienone is 1. The number of hydrogen-bond acceptors (Lipinski definition) is 8. The molecule has 0 saturated carbocycles. The van der Waals surface area contributed by atoms with Crippen molar-refractivity contribution in [2.75, 3.05) is 38.3 Å². The highest BCUT2D eigenvalue weighted by Crippen LogP contribution is 2.28. The molecule has 170 valence electrons. The molecule has 0 bridgehead atoms. The second kappa shape index (κ2) is 10.1. The van der Waals surface area contributed by atoms with E-state index in [9.17, 15) is 4.79 Å². The average Bonchev–Trinajstić information content (AvgIpc) is 2.83. The number of carbonyl (C=O) groups is 1. The minimum Gasteiger partial charge on any atom is -0.405 e. The number of carbonyl (C=O) groups excluding carboxylic acids is 1. The summed E-state index contributed by atoms with van der Waals surface area (Å²) in [4.78, 5) is 29.3. The number of rotatable bonds is 5. The fraction of sp³-hybridized carbons (Fsp3) is 0.478. The highest BCUT2D eigenvalue weighted by Gasteiger charge is 2.24. The van der Waals surface area contributed by atoms with Crippen molar-refractivity contribution in [3.63, 3.8) is 0 Å². The molecule has 4 heterocycles. The normalized spacial score (nSPS) is 22.4. The number of pyridine rings is 2. The first-order chi connectivity index (χ1) is 15.6. The lowest BCUT2D eigenvalue weighted by molar-refractivity contribution is 0.0224. The molecule has 0 aromatic carbocycles. The predicted molar refractivity (Wildman–Crippen MR) is 124 cm³/mol. The molecule has 2 aliphatic rings. The highest BCUT2D eigenvalue weighted by atomic mass is 16.5. The van der Waals surface area contributed by atoms with Crippen LogP contribution in [0.5, 0.6) is 0 Å². The Morgan fingerprint density at radius 2 is 2.25 bits per heavy atom. The molecule has 4 rings (SSSR count). The summed E-state index contributed by atoms with van der Waals surface area (Å²) in [5.74, 6) is 0.534. The van der Waals surface area contributed by atoms with Crippen LogP contribution >= 0.6 is 0 Å². The first kappa shape index (κ1) is 22.2. The first-order valence-electron chi connectivity index (χ1n) is 11.1. The summed E-state index contributed by atoms with van der Waals surface area (Å²) < 4.78 is 11.4. The monoisotopic (exact) mass is 438 g/mol. The Bertz CT molecular complexity index is 1030. The maximum atomic E-state index is 12.8. The molecular formula is C23H30N6O3. The van der Waals surface area contributed by atoms with Crippen molar-refractivity contribution in [3.8, 4) is 0 Å². The van der Waals surface area contributed by atoms with E-state index in [4.69, 9.17) is 25.2 Å². The zero-order valence-electron chi connectivity index (χ0n) is 18.6. The van der Waals surface area contributed by atoms with Gasteiger partial charge in [-0.1, -0.05) is 0 Å². The van der Waals surface area contributed by atoms with Crippen LogP contribution in [0.4, 0.5) is 5.82 Å². The number of anilines is 1. The fourth-order valence-electron chi connectivity index (χ4n) is 4.12. The molecule has 2 unspecified atom stereocenters. The second-order valence-corrected chi connectivity index (χ2v) is 7.97. The van der Waals surface area contributed by atoms with Crippen molar-refractivity contribution >= 4 is 28.3 Å². The molecule has 2 atom stereocenters. The zero-order chi connectivity index (χ0) is 22.5. The van der Waals surface area contributed by atoms with Gasteiger partial charge in [-0.05, 0) is 50.6 Å². The number of nitrogens with two attached hydrogens (primary N) is 1. The Morgan fingerprint density at radius 3 is 2.97 bits per heavy atom. The number of morpholine rings is 1. The summed E-state index contributed by atoms with van der Waals surface area (Å²) in [5, 5.41) is 3.45. The van der Waals surface area contributed by atoms with Gasteiger partial charge < -0.3 is 25.4 Å². The van der Waals surface area contributed by atoms with Crippen LogP contribution in [0.1, 0.15) is 42.2 Å². The van der Waals surface area contributed by atoms with E-state index < -0.39 is 0 Å². The summed E-state index contributed by atoms with van der Waals surface area (Å²) in [6.45, 7) is 4.69. The Hall–Kier alpha value is -3.04. The van der Waals surface area contributed by atoms with Crippen LogP contribution in [0.3, 0.4) is 0 Å². The SMILES string of the molecule is CNC(=O)c1cc(N2CCOCC2C)nc2c(C(C=CN)=NC3CCCCO3)nccc12. The van der Waals surface area contributed by atoms with Crippen molar-refractivity contribution in [2.24, 2.45) is 10.7 Å². The van der Waals surface area contributed by atoms with E-state index in [1.165, 1.54) is 6.20 Å².